The van der Waals surface area contributed by atoms with E-state index in [4.69, 9.17) is 14.2 Å². The molecule has 1 atom stereocenters. The molecule has 0 bridgehead atoms. The van der Waals surface area contributed by atoms with Crippen LogP contribution in [0.1, 0.15) is 28.8 Å². The highest BCUT2D eigenvalue weighted by Gasteiger charge is 2.33. The summed E-state index contributed by atoms with van der Waals surface area (Å²) in [5.74, 6) is 0.516. The maximum absolute atomic E-state index is 12.9. The third-order valence-electron chi connectivity index (χ3n) is 5.36. The molecular weight excluding hydrogens is 372 g/mol. The van der Waals surface area contributed by atoms with Crippen molar-refractivity contribution in [2.45, 2.75) is 25.4 Å². The Morgan fingerprint density at radius 3 is 2.55 bits per heavy atom. The molecule has 152 valence electrons. The molecule has 1 fully saturated rings. The number of benzene rings is 2. The zero-order valence-corrected chi connectivity index (χ0v) is 16.6. The smallest absolute Gasteiger partial charge is 0.263 e. The van der Waals surface area contributed by atoms with E-state index in [1.54, 1.807) is 23.1 Å². The lowest BCUT2D eigenvalue weighted by atomic mass is 10.1. The molecule has 0 saturated carbocycles. The number of amides is 2. The lowest BCUT2D eigenvalue weighted by Gasteiger charge is -2.21. The summed E-state index contributed by atoms with van der Waals surface area (Å²) >= 11 is 0. The summed E-state index contributed by atoms with van der Waals surface area (Å²) in [6, 6.07) is 10.8. The normalized spacial score (nSPS) is 17.7. The average Bonchev–Trinajstić information content (AvgIpc) is 3.42. The van der Waals surface area contributed by atoms with Crippen molar-refractivity contribution in [3.05, 3.63) is 47.5 Å². The molecular formula is C22H24N2O5. The second kappa shape index (κ2) is 8.13. The molecule has 2 aromatic carbocycles. The van der Waals surface area contributed by atoms with Gasteiger partial charge in [0, 0.05) is 24.5 Å². The topological polar surface area (TPSA) is 77.1 Å². The minimum absolute atomic E-state index is 0.00359. The summed E-state index contributed by atoms with van der Waals surface area (Å²) in [4.78, 5) is 27.5. The van der Waals surface area contributed by atoms with E-state index in [9.17, 15) is 9.59 Å². The van der Waals surface area contributed by atoms with E-state index in [1.807, 2.05) is 18.2 Å². The number of hydrogen-bond donors (Lipinski definition) is 1. The zero-order valence-electron chi connectivity index (χ0n) is 16.6. The molecule has 1 N–H and O–H groups in total. The third-order valence-corrected chi connectivity index (χ3v) is 5.36. The van der Waals surface area contributed by atoms with Crippen LogP contribution in [-0.2, 0) is 16.0 Å². The summed E-state index contributed by atoms with van der Waals surface area (Å²) in [5.41, 5.74) is 2.85. The molecule has 0 spiro atoms. The fraction of sp³-hybridized carbons (Fsp3) is 0.364. The van der Waals surface area contributed by atoms with Gasteiger partial charge >= 0.3 is 0 Å². The van der Waals surface area contributed by atoms with E-state index in [0.29, 0.717) is 35.9 Å². The van der Waals surface area contributed by atoms with Crippen molar-refractivity contribution in [3.8, 4) is 11.5 Å². The van der Waals surface area contributed by atoms with Gasteiger partial charge in [-0.1, -0.05) is 12.1 Å². The van der Waals surface area contributed by atoms with Crippen LogP contribution in [0.3, 0.4) is 0 Å². The first-order valence-electron chi connectivity index (χ1n) is 9.70. The fourth-order valence-corrected chi connectivity index (χ4v) is 3.90. The van der Waals surface area contributed by atoms with E-state index < -0.39 is 0 Å². The molecule has 7 heteroatoms. The van der Waals surface area contributed by atoms with Crippen LogP contribution in [0.15, 0.2) is 36.4 Å². The summed E-state index contributed by atoms with van der Waals surface area (Å²) in [7, 11) is 3.02. The van der Waals surface area contributed by atoms with Crippen LogP contribution in [0.2, 0.25) is 0 Å². The first-order valence-corrected chi connectivity index (χ1v) is 9.70. The molecule has 1 unspecified atom stereocenters. The number of carbonyl (C=O) groups is 2. The van der Waals surface area contributed by atoms with Crippen molar-refractivity contribution in [2.24, 2.45) is 0 Å². The summed E-state index contributed by atoms with van der Waals surface area (Å²) in [6.07, 6.45) is 2.10. The highest BCUT2D eigenvalue weighted by atomic mass is 16.5. The lowest BCUT2D eigenvalue weighted by molar-refractivity contribution is -0.127. The van der Waals surface area contributed by atoms with E-state index in [0.717, 1.165) is 30.5 Å². The molecule has 0 aliphatic carbocycles. The van der Waals surface area contributed by atoms with Crippen molar-refractivity contribution < 1.29 is 23.8 Å². The highest BCUT2D eigenvalue weighted by Crippen LogP contribution is 2.34. The Labute approximate surface area is 169 Å². The number of nitrogens with one attached hydrogen (secondary N) is 1. The molecule has 4 rings (SSSR count). The first-order chi connectivity index (χ1) is 14.1. The second-order valence-corrected chi connectivity index (χ2v) is 7.08. The molecule has 0 aromatic heterocycles. The number of hydrogen-bond acceptors (Lipinski definition) is 5. The predicted molar refractivity (Wildman–Crippen MR) is 109 cm³/mol. The van der Waals surface area contributed by atoms with Crippen LogP contribution in [0, 0.1) is 0 Å². The molecule has 2 aromatic rings. The molecule has 0 radical (unpaired) electrons. The quantitative estimate of drug-likeness (QED) is 0.841. The van der Waals surface area contributed by atoms with Crippen LogP contribution in [-0.4, -0.2) is 45.3 Å². The van der Waals surface area contributed by atoms with Gasteiger partial charge in [0.25, 0.3) is 11.8 Å². The number of ether oxygens (including phenoxy) is 3. The average molecular weight is 396 g/mol. The van der Waals surface area contributed by atoms with Crippen molar-refractivity contribution in [3.63, 3.8) is 0 Å². The molecule has 29 heavy (non-hydrogen) atoms. The fourth-order valence-electron chi connectivity index (χ4n) is 3.90. The van der Waals surface area contributed by atoms with Crippen molar-refractivity contribution in [2.75, 3.05) is 37.6 Å². The van der Waals surface area contributed by atoms with E-state index in [1.165, 1.54) is 14.2 Å². The number of fused-ring (bicyclic) bond motifs is 1. The van der Waals surface area contributed by atoms with Gasteiger partial charge in [0.05, 0.1) is 14.2 Å². The van der Waals surface area contributed by atoms with Crippen molar-refractivity contribution in [1.82, 2.24) is 0 Å². The van der Waals surface area contributed by atoms with E-state index in [2.05, 4.69) is 5.32 Å². The SMILES string of the molecule is COc1cccc(OC)c1C(=O)Nc1ccc2c(c1)N(C(=O)C1CCCO1)CC2. The molecule has 2 aliphatic rings. The predicted octanol–water partition coefficient (Wildman–Crippen LogP) is 3.02. The molecule has 2 amide bonds. The number of nitrogens with zero attached hydrogens (tertiary/aromatic N) is 1. The Morgan fingerprint density at radius 1 is 1.14 bits per heavy atom. The molecule has 1 saturated heterocycles. The Balaban J connectivity index is 1.58. The van der Waals surface area contributed by atoms with Crippen LogP contribution in [0.4, 0.5) is 11.4 Å². The lowest BCUT2D eigenvalue weighted by Crippen LogP contribution is -2.37. The Kier molecular flexibility index (Phi) is 5.40. The molecule has 7 nitrogen and oxygen atoms in total. The van der Waals surface area contributed by atoms with Gasteiger partial charge in [0.2, 0.25) is 0 Å². The Hall–Kier alpha value is -3.06. The summed E-state index contributed by atoms with van der Waals surface area (Å²) < 4.78 is 16.2. The van der Waals surface area contributed by atoms with Crippen molar-refractivity contribution >= 4 is 23.2 Å². The number of anilines is 2. The Morgan fingerprint density at radius 2 is 1.90 bits per heavy atom. The number of carbonyl (C=O) groups excluding carboxylic acids is 2. The van der Waals surface area contributed by atoms with Gasteiger partial charge in [-0.2, -0.15) is 0 Å². The van der Waals surface area contributed by atoms with Gasteiger partial charge in [-0.15, -0.1) is 0 Å². The van der Waals surface area contributed by atoms with Gasteiger partial charge in [-0.25, -0.2) is 0 Å². The molecule has 2 heterocycles. The van der Waals surface area contributed by atoms with Crippen LogP contribution < -0.4 is 19.7 Å². The van der Waals surface area contributed by atoms with E-state index in [-0.39, 0.29) is 17.9 Å². The van der Waals surface area contributed by atoms with Crippen LogP contribution >= 0.6 is 0 Å². The maximum Gasteiger partial charge on any atom is 0.263 e. The monoisotopic (exact) mass is 396 g/mol. The number of rotatable bonds is 5. The number of methoxy groups -OCH3 is 2. The third kappa shape index (κ3) is 3.65. The zero-order chi connectivity index (χ0) is 20.4. The van der Waals surface area contributed by atoms with Gasteiger partial charge in [-0.3, -0.25) is 9.59 Å². The van der Waals surface area contributed by atoms with Gasteiger partial charge in [-0.05, 0) is 49.1 Å². The van der Waals surface area contributed by atoms with E-state index >= 15 is 0 Å². The maximum atomic E-state index is 12.9. The van der Waals surface area contributed by atoms with Crippen molar-refractivity contribution in [1.29, 1.82) is 0 Å². The second-order valence-electron chi connectivity index (χ2n) is 7.08. The van der Waals surface area contributed by atoms with Crippen LogP contribution in [0.25, 0.3) is 0 Å². The standard InChI is InChI=1S/C22H24N2O5/c1-27-17-5-3-6-18(28-2)20(17)21(25)23-15-9-8-14-10-11-24(16(14)13-15)22(26)19-7-4-12-29-19/h3,5-6,8-9,13,19H,4,7,10-12H2,1-2H3,(H,23,25). The largest absolute Gasteiger partial charge is 0.496 e. The van der Waals surface area contributed by atoms with Gasteiger partial charge in [0.1, 0.15) is 23.2 Å². The minimum atomic E-state index is -0.364. The minimum Gasteiger partial charge on any atom is -0.496 e. The molecule has 2 aliphatic heterocycles. The van der Waals surface area contributed by atoms with Gasteiger partial charge < -0.3 is 24.4 Å². The Bertz CT molecular complexity index is 915. The summed E-state index contributed by atoms with van der Waals surface area (Å²) in [5, 5.41) is 2.90. The summed E-state index contributed by atoms with van der Waals surface area (Å²) in [6.45, 7) is 1.26. The first kappa shape index (κ1) is 19.3. The highest BCUT2D eigenvalue weighted by molar-refractivity contribution is 6.09. The van der Waals surface area contributed by atoms with Gasteiger partial charge in [0.15, 0.2) is 0 Å². The van der Waals surface area contributed by atoms with Crippen LogP contribution in [0.5, 0.6) is 11.5 Å².